The van der Waals surface area contributed by atoms with Crippen LogP contribution in [-0.4, -0.2) is 32.8 Å². The van der Waals surface area contributed by atoms with Gasteiger partial charge in [0.1, 0.15) is 23.6 Å². The fourth-order valence-corrected chi connectivity index (χ4v) is 2.69. The Kier molecular flexibility index (Phi) is 4.34. The van der Waals surface area contributed by atoms with Gasteiger partial charge in [0.2, 0.25) is 0 Å². The van der Waals surface area contributed by atoms with Gasteiger partial charge in [-0.2, -0.15) is 0 Å². The molecule has 122 valence electrons. The molecule has 0 saturated carbocycles. The molecule has 0 aliphatic carbocycles. The zero-order valence-corrected chi connectivity index (χ0v) is 13.7. The van der Waals surface area contributed by atoms with E-state index in [9.17, 15) is 5.11 Å². The van der Waals surface area contributed by atoms with E-state index in [1.165, 1.54) is 0 Å². The van der Waals surface area contributed by atoms with E-state index in [4.69, 9.17) is 4.42 Å². The van der Waals surface area contributed by atoms with Crippen molar-refractivity contribution in [2.24, 2.45) is 5.92 Å². The van der Waals surface area contributed by atoms with Gasteiger partial charge >= 0.3 is 0 Å². The maximum atomic E-state index is 9.19. The molecular weight excluding hydrogens is 292 g/mol. The number of furan rings is 1. The summed E-state index contributed by atoms with van der Waals surface area (Å²) >= 11 is 0. The van der Waals surface area contributed by atoms with E-state index < -0.39 is 0 Å². The van der Waals surface area contributed by atoms with E-state index in [-0.39, 0.29) is 12.5 Å². The first-order valence-corrected chi connectivity index (χ1v) is 7.79. The molecule has 0 saturated heterocycles. The van der Waals surface area contributed by atoms with Crippen LogP contribution in [0.4, 0.5) is 5.82 Å². The molecule has 0 bridgehead atoms. The molecule has 0 aliphatic heterocycles. The van der Waals surface area contributed by atoms with Crippen molar-refractivity contribution >= 4 is 16.9 Å². The Morgan fingerprint density at radius 1 is 1.35 bits per heavy atom. The quantitative estimate of drug-likeness (QED) is 0.731. The third-order valence-electron chi connectivity index (χ3n) is 4.23. The van der Waals surface area contributed by atoms with E-state index in [2.05, 4.69) is 33.7 Å². The van der Waals surface area contributed by atoms with Crippen LogP contribution >= 0.6 is 0 Å². The molecule has 0 radical (unpaired) electrons. The van der Waals surface area contributed by atoms with Crippen molar-refractivity contribution in [3.63, 3.8) is 0 Å². The van der Waals surface area contributed by atoms with Crippen molar-refractivity contribution in [2.45, 2.75) is 27.3 Å². The normalized spacial score (nSPS) is 12.7. The topological polar surface area (TPSA) is 76.1 Å². The second kappa shape index (κ2) is 6.42. The summed E-state index contributed by atoms with van der Waals surface area (Å²) in [7, 11) is 0. The molecule has 2 N–H and O–H groups in total. The highest BCUT2D eigenvalue weighted by atomic mass is 16.3. The van der Waals surface area contributed by atoms with Gasteiger partial charge in [-0.1, -0.05) is 6.92 Å². The lowest BCUT2D eigenvalue weighted by molar-refractivity contribution is 0.244. The zero-order chi connectivity index (χ0) is 16.4. The molecule has 1 unspecified atom stereocenters. The molecule has 6 nitrogen and oxygen atoms in total. The Morgan fingerprint density at radius 3 is 2.87 bits per heavy atom. The predicted molar refractivity (Wildman–Crippen MR) is 89.6 cm³/mol. The number of fused-ring (bicyclic) bond motifs is 1. The minimum atomic E-state index is 0.152. The first kappa shape index (κ1) is 15.6. The van der Waals surface area contributed by atoms with Gasteiger partial charge in [-0.05, 0) is 37.5 Å². The van der Waals surface area contributed by atoms with Crippen molar-refractivity contribution < 1.29 is 9.52 Å². The predicted octanol–water partition coefficient (Wildman–Crippen LogP) is 2.73. The Labute approximate surface area is 135 Å². The SMILES string of the molecule is Cc1c(C)n(Cc2ccco2)c2ncnc(NCC(C)CO)c12. The second-order valence-electron chi connectivity index (χ2n) is 5.97. The fraction of sp³-hybridized carbons (Fsp3) is 0.412. The maximum Gasteiger partial charge on any atom is 0.146 e. The summed E-state index contributed by atoms with van der Waals surface area (Å²) in [5, 5.41) is 13.5. The van der Waals surface area contributed by atoms with Crippen molar-refractivity contribution in [3.8, 4) is 0 Å². The Morgan fingerprint density at radius 2 is 2.17 bits per heavy atom. The monoisotopic (exact) mass is 314 g/mol. The summed E-state index contributed by atoms with van der Waals surface area (Å²) in [5.74, 6) is 1.88. The minimum Gasteiger partial charge on any atom is -0.467 e. The van der Waals surface area contributed by atoms with Crippen LogP contribution in [-0.2, 0) is 6.54 Å². The molecule has 0 aliphatic rings. The van der Waals surface area contributed by atoms with E-state index in [0.29, 0.717) is 13.1 Å². The van der Waals surface area contributed by atoms with E-state index in [1.807, 2.05) is 19.1 Å². The number of hydrogen-bond donors (Lipinski definition) is 2. The lowest BCUT2D eigenvalue weighted by Gasteiger charge is -2.11. The summed E-state index contributed by atoms with van der Waals surface area (Å²) in [6.07, 6.45) is 3.26. The Bertz CT molecular complexity index is 793. The number of nitrogens with zero attached hydrogens (tertiary/aromatic N) is 3. The first-order chi connectivity index (χ1) is 11.1. The number of nitrogens with one attached hydrogen (secondary N) is 1. The molecule has 1 atom stereocenters. The van der Waals surface area contributed by atoms with Crippen LogP contribution in [0.25, 0.3) is 11.0 Å². The Hall–Kier alpha value is -2.34. The molecule has 0 fully saturated rings. The number of aryl methyl sites for hydroxylation is 1. The van der Waals surface area contributed by atoms with Crippen LogP contribution in [0.15, 0.2) is 29.1 Å². The third-order valence-corrected chi connectivity index (χ3v) is 4.23. The standard InChI is InChI=1S/C17H22N4O2/c1-11(9-22)7-18-16-15-12(2)13(3)21(17(15)20-10-19-16)8-14-5-4-6-23-14/h4-6,10-11,22H,7-9H2,1-3H3,(H,18,19,20). The summed E-state index contributed by atoms with van der Waals surface area (Å²) < 4.78 is 7.61. The summed E-state index contributed by atoms with van der Waals surface area (Å²) in [5.41, 5.74) is 3.20. The molecular formula is C17H22N4O2. The highest BCUT2D eigenvalue weighted by molar-refractivity contribution is 5.91. The second-order valence-corrected chi connectivity index (χ2v) is 5.97. The number of rotatable bonds is 6. The van der Waals surface area contributed by atoms with Crippen LogP contribution in [0.5, 0.6) is 0 Å². The minimum absolute atomic E-state index is 0.152. The summed E-state index contributed by atoms with van der Waals surface area (Å²) in [6, 6.07) is 3.85. The number of hydrogen-bond acceptors (Lipinski definition) is 5. The van der Waals surface area contributed by atoms with Crippen LogP contribution < -0.4 is 5.32 Å². The lowest BCUT2D eigenvalue weighted by Crippen LogP contribution is -2.15. The average molecular weight is 314 g/mol. The first-order valence-electron chi connectivity index (χ1n) is 7.79. The van der Waals surface area contributed by atoms with Crippen molar-refractivity contribution in [1.29, 1.82) is 0 Å². The van der Waals surface area contributed by atoms with Gasteiger partial charge in [0.25, 0.3) is 0 Å². The highest BCUT2D eigenvalue weighted by Gasteiger charge is 2.17. The lowest BCUT2D eigenvalue weighted by atomic mass is 10.2. The highest BCUT2D eigenvalue weighted by Crippen LogP contribution is 2.29. The van der Waals surface area contributed by atoms with Crippen molar-refractivity contribution in [3.05, 3.63) is 41.7 Å². The molecule has 0 amide bonds. The molecule has 3 aromatic rings. The molecule has 0 spiro atoms. The van der Waals surface area contributed by atoms with Crippen LogP contribution in [0, 0.1) is 19.8 Å². The van der Waals surface area contributed by atoms with Crippen LogP contribution in [0.2, 0.25) is 0 Å². The van der Waals surface area contributed by atoms with Gasteiger partial charge in [0.05, 0.1) is 18.2 Å². The van der Waals surface area contributed by atoms with Gasteiger partial charge < -0.3 is 19.4 Å². The van der Waals surface area contributed by atoms with Crippen LogP contribution in [0.3, 0.4) is 0 Å². The van der Waals surface area contributed by atoms with Crippen molar-refractivity contribution in [1.82, 2.24) is 14.5 Å². The molecule has 23 heavy (non-hydrogen) atoms. The van der Waals surface area contributed by atoms with Gasteiger partial charge in [-0.3, -0.25) is 0 Å². The Balaban J connectivity index is 2.01. The third kappa shape index (κ3) is 2.94. The van der Waals surface area contributed by atoms with Crippen molar-refractivity contribution in [2.75, 3.05) is 18.5 Å². The molecule has 6 heteroatoms. The largest absolute Gasteiger partial charge is 0.467 e. The van der Waals surface area contributed by atoms with E-state index in [0.717, 1.165) is 33.9 Å². The smallest absolute Gasteiger partial charge is 0.146 e. The van der Waals surface area contributed by atoms with Gasteiger partial charge in [-0.15, -0.1) is 0 Å². The molecule has 3 rings (SSSR count). The summed E-state index contributed by atoms with van der Waals surface area (Å²) in [6.45, 7) is 7.63. The zero-order valence-electron chi connectivity index (χ0n) is 13.7. The van der Waals surface area contributed by atoms with Gasteiger partial charge in [0, 0.05) is 18.8 Å². The molecule has 0 aromatic carbocycles. The average Bonchev–Trinajstić information content (AvgIpc) is 3.16. The number of anilines is 1. The maximum absolute atomic E-state index is 9.19. The van der Waals surface area contributed by atoms with E-state index in [1.54, 1.807) is 12.6 Å². The number of aliphatic hydroxyl groups is 1. The fourth-order valence-electron chi connectivity index (χ4n) is 2.69. The van der Waals surface area contributed by atoms with Gasteiger partial charge in [-0.25, -0.2) is 9.97 Å². The number of aromatic nitrogens is 3. The van der Waals surface area contributed by atoms with Gasteiger partial charge in [0.15, 0.2) is 0 Å². The number of aliphatic hydroxyl groups excluding tert-OH is 1. The molecule has 3 heterocycles. The van der Waals surface area contributed by atoms with E-state index >= 15 is 0 Å². The summed E-state index contributed by atoms with van der Waals surface area (Å²) in [4.78, 5) is 8.86. The van der Waals surface area contributed by atoms with Crippen LogP contribution in [0.1, 0.15) is 23.9 Å². The molecule has 3 aromatic heterocycles.